The van der Waals surface area contributed by atoms with Gasteiger partial charge in [0.1, 0.15) is 0 Å². The predicted molar refractivity (Wildman–Crippen MR) is 98.4 cm³/mol. The predicted octanol–water partition coefficient (Wildman–Crippen LogP) is 3.29. The number of methoxy groups -OCH3 is 2. The zero-order valence-corrected chi connectivity index (χ0v) is 15.2. The maximum Gasteiger partial charge on any atom is 0.166 e. The van der Waals surface area contributed by atoms with Gasteiger partial charge in [-0.15, -0.1) is 0 Å². The molecule has 1 aliphatic carbocycles. The number of rotatable bonds is 6. The van der Waals surface area contributed by atoms with Crippen LogP contribution in [0.3, 0.4) is 0 Å². The average molecular weight is 337 g/mol. The Morgan fingerprint density at radius 1 is 1.17 bits per heavy atom. The van der Waals surface area contributed by atoms with Crippen LogP contribution in [0.5, 0.6) is 11.5 Å². The standard InChI is InChI=1S/C18H28N2O2S/c1-13-6-4-5-7-15(13)20-18(23)19-11-10-14-8-9-16(21-2)17(12-14)22-3/h8-9,12-13,15H,4-7,10-11H2,1-3H3,(H2,19,20,23)/t13-,15+/m0/s1. The molecule has 0 radical (unpaired) electrons. The first-order valence-corrected chi connectivity index (χ1v) is 8.80. The molecule has 1 aromatic rings. The van der Waals surface area contributed by atoms with Gasteiger partial charge in [0.2, 0.25) is 0 Å². The van der Waals surface area contributed by atoms with E-state index in [9.17, 15) is 0 Å². The van der Waals surface area contributed by atoms with Gasteiger partial charge in [0.15, 0.2) is 16.6 Å². The molecule has 0 unspecified atom stereocenters. The summed E-state index contributed by atoms with van der Waals surface area (Å²) in [5, 5.41) is 7.55. The molecule has 23 heavy (non-hydrogen) atoms. The molecule has 1 fully saturated rings. The summed E-state index contributed by atoms with van der Waals surface area (Å²) >= 11 is 5.42. The van der Waals surface area contributed by atoms with E-state index < -0.39 is 0 Å². The second kappa shape index (κ2) is 8.96. The largest absolute Gasteiger partial charge is 0.493 e. The van der Waals surface area contributed by atoms with Crippen molar-refractivity contribution in [3.63, 3.8) is 0 Å². The molecule has 0 aliphatic heterocycles. The zero-order chi connectivity index (χ0) is 16.7. The lowest BCUT2D eigenvalue weighted by Crippen LogP contribution is -2.46. The van der Waals surface area contributed by atoms with Crippen LogP contribution in [-0.4, -0.2) is 31.9 Å². The molecule has 2 N–H and O–H groups in total. The quantitative estimate of drug-likeness (QED) is 0.780. The summed E-state index contributed by atoms with van der Waals surface area (Å²) in [5.41, 5.74) is 1.20. The van der Waals surface area contributed by atoms with Crippen LogP contribution in [0, 0.1) is 5.92 Å². The smallest absolute Gasteiger partial charge is 0.166 e. The van der Waals surface area contributed by atoms with Crippen LogP contribution in [0.15, 0.2) is 18.2 Å². The molecule has 0 spiro atoms. The molecule has 4 nitrogen and oxygen atoms in total. The van der Waals surface area contributed by atoms with Gasteiger partial charge in [-0.25, -0.2) is 0 Å². The molecule has 5 heteroatoms. The average Bonchev–Trinajstić information content (AvgIpc) is 2.56. The molecular formula is C18H28N2O2S. The topological polar surface area (TPSA) is 42.5 Å². The molecule has 1 aromatic carbocycles. The third-order valence-electron chi connectivity index (χ3n) is 4.58. The van der Waals surface area contributed by atoms with Crippen LogP contribution >= 0.6 is 12.2 Å². The summed E-state index contributed by atoms with van der Waals surface area (Å²) in [5.74, 6) is 2.23. The van der Waals surface area contributed by atoms with E-state index in [1.165, 1.54) is 31.2 Å². The Balaban J connectivity index is 1.77. The van der Waals surface area contributed by atoms with E-state index in [0.29, 0.717) is 12.0 Å². The summed E-state index contributed by atoms with van der Waals surface area (Å²) in [4.78, 5) is 0. The molecule has 0 amide bonds. The molecule has 2 atom stereocenters. The molecular weight excluding hydrogens is 308 g/mol. The van der Waals surface area contributed by atoms with Crippen LogP contribution in [0.2, 0.25) is 0 Å². The Morgan fingerprint density at radius 2 is 1.91 bits per heavy atom. The van der Waals surface area contributed by atoms with Gasteiger partial charge in [0, 0.05) is 12.6 Å². The van der Waals surface area contributed by atoms with Crippen LogP contribution < -0.4 is 20.1 Å². The van der Waals surface area contributed by atoms with Gasteiger partial charge in [-0.3, -0.25) is 0 Å². The molecule has 128 valence electrons. The van der Waals surface area contributed by atoms with Crippen LogP contribution in [0.4, 0.5) is 0 Å². The summed E-state index contributed by atoms with van der Waals surface area (Å²) in [7, 11) is 3.31. The summed E-state index contributed by atoms with van der Waals surface area (Å²) < 4.78 is 10.6. The number of hydrogen-bond acceptors (Lipinski definition) is 3. The van der Waals surface area contributed by atoms with E-state index in [1.54, 1.807) is 14.2 Å². The Labute approximate surface area is 144 Å². The summed E-state index contributed by atoms with van der Waals surface area (Å²) in [6.45, 7) is 3.12. The minimum Gasteiger partial charge on any atom is -0.493 e. The highest BCUT2D eigenvalue weighted by Crippen LogP contribution is 2.27. The molecule has 1 saturated carbocycles. The Hall–Kier alpha value is -1.49. The fourth-order valence-corrected chi connectivity index (χ4v) is 3.36. The fraction of sp³-hybridized carbons (Fsp3) is 0.611. The highest BCUT2D eigenvalue weighted by molar-refractivity contribution is 7.80. The summed E-state index contributed by atoms with van der Waals surface area (Å²) in [6, 6.07) is 6.53. The normalized spacial score (nSPS) is 20.7. The van der Waals surface area contributed by atoms with Crippen molar-refractivity contribution in [2.24, 2.45) is 5.92 Å². The van der Waals surface area contributed by atoms with Gasteiger partial charge in [-0.2, -0.15) is 0 Å². The second-order valence-electron chi connectivity index (χ2n) is 6.21. The van der Waals surface area contributed by atoms with E-state index in [0.717, 1.165) is 29.6 Å². The number of hydrogen-bond donors (Lipinski definition) is 2. The lowest BCUT2D eigenvalue weighted by molar-refractivity contribution is 0.308. The molecule has 0 bridgehead atoms. The van der Waals surface area contributed by atoms with Crippen LogP contribution in [0.25, 0.3) is 0 Å². The van der Waals surface area contributed by atoms with Gasteiger partial charge in [0.05, 0.1) is 14.2 Å². The highest BCUT2D eigenvalue weighted by atomic mass is 32.1. The van der Waals surface area contributed by atoms with E-state index in [-0.39, 0.29) is 0 Å². The minimum atomic E-state index is 0.518. The second-order valence-corrected chi connectivity index (χ2v) is 6.62. The third-order valence-corrected chi connectivity index (χ3v) is 4.84. The van der Waals surface area contributed by atoms with Crippen molar-refractivity contribution < 1.29 is 9.47 Å². The number of nitrogens with one attached hydrogen (secondary N) is 2. The first-order chi connectivity index (χ1) is 11.1. The van der Waals surface area contributed by atoms with Crippen molar-refractivity contribution in [3.05, 3.63) is 23.8 Å². The maximum atomic E-state index is 5.42. The van der Waals surface area contributed by atoms with E-state index in [4.69, 9.17) is 21.7 Å². The van der Waals surface area contributed by atoms with Crippen molar-refractivity contribution in [3.8, 4) is 11.5 Å². The van der Waals surface area contributed by atoms with E-state index in [1.807, 2.05) is 12.1 Å². The first kappa shape index (κ1) is 17.9. The lowest BCUT2D eigenvalue weighted by Gasteiger charge is -2.30. The Kier molecular flexibility index (Phi) is 6.96. The number of thiocarbonyl (C=S) groups is 1. The van der Waals surface area contributed by atoms with Crippen molar-refractivity contribution in [1.82, 2.24) is 10.6 Å². The van der Waals surface area contributed by atoms with Crippen LogP contribution in [0.1, 0.15) is 38.2 Å². The van der Waals surface area contributed by atoms with E-state index in [2.05, 4.69) is 23.6 Å². The Morgan fingerprint density at radius 3 is 2.61 bits per heavy atom. The van der Waals surface area contributed by atoms with E-state index >= 15 is 0 Å². The van der Waals surface area contributed by atoms with Gasteiger partial charge in [0.25, 0.3) is 0 Å². The molecule has 0 heterocycles. The molecule has 0 aromatic heterocycles. The van der Waals surface area contributed by atoms with Crippen molar-refractivity contribution in [2.45, 2.75) is 45.1 Å². The van der Waals surface area contributed by atoms with Crippen molar-refractivity contribution in [1.29, 1.82) is 0 Å². The zero-order valence-electron chi connectivity index (χ0n) is 14.4. The lowest BCUT2D eigenvalue weighted by atomic mass is 9.86. The molecule has 2 rings (SSSR count). The highest BCUT2D eigenvalue weighted by Gasteiger charge is 2.21. The first-order valence-electron chi connectivity index (χ1n) is 8.39. The third kappa shape index (κ3) is 5.27. The number of benzene rings is 1. The summed E-state index contributed by atoms with van der Waals surface area (Å²) in [6.07, 6.45) is 6.06. The fourth-order valence-electron chi connectivity index (χ4n) is 3.11. The molecule has 0 saturated heterocycles. The Bertz CT molecular complexity index is 522. The van der Waals surface area contributed by atoms with Crippen molar-refractivity contribution in [2.75, 3.05) is 20.8 Å². The monoisotopic (exact) mass is 336 g/mol. The van der Waals surface area contributed by atoms with Gasteiger partial charge in [-0.05, 0) is 55.1 Å². The number of ether oxygens (including phenoxy) is 2. The maximum absolute atomic E-state index is 5.42. The van der Waals surface area contributed by atoms with Gasteiger partial charge < -0.3 is 20.1 Å². The minimum absolute atomic E-state index is 0.518. The SMILES string of the molecule is COc1ccc(CCNC(=S)N[C@@H]2CCCC[C@@H]2C)cc1OC. The van der Waals surface area contributed by atoms with Crippen molar-refractivity contribution >= 4 is 17.3 Å². The van der Waals surface area contributed by atoms with Gasteiger partial charge >= 0.3 is 0 Å². The van der Waals surface area contributed by atoms with Gasteiger partial charge in [-0.1, -0.05) is 25.8 Å². The van der Waals surface area contributed by atoms with Crippen LogP contribution in [-0.2, 0) is 6.42 Å². The molecule has 1 aliphatic rings.